The van der Waals surface area contributed by atoms with Gasteiger partial charge in [-0.05, 0) is 59.2 Å². The van der Waals surface area contributed by atoms with Gasteiger partial charge in [0.2, 0.25) is 0 Å². The van der Waals surface area contributed by atoms with Crippen LogP contribution in [0, 0.1) is 59.2 Å². The predicted molar refractivity (Wildman–Crippen MR) is 96.9 cm³/mol. The minimum Gasteiger partial charge on any atom is -0.0620 e. The van der Waals surface area contributed by atoms with E-state index in [-0.39, 0.29) is 23.1 Å². The zero-order valence-electron chi connectivity index (χ0n) is 16.3. The maximum Gasteiger partial charge on any atom is 0 e. The summed E-state index contributed by atoms with van der Waals surface area (Å²) in [6.07, 6.45) is 0. The van der Waals surface area contributed by atoms with E-state index in [4.69, 9.17) is 0 Å². The molecule has 0 heterocycles. The molecule has 0 aromatic carbocycles. The minimum absolute atomic E-state index is 0. The highest BCUT2D eigenvalue weighted by atomic mass is 24.3. The second-order valence-corrected chi connectivity index (χ2v) is 8.10. The molecule has 0 bridgehead atoms. The first-order valence-electron chi connectivity index (χ1n) is 8.78. The highest BCUT2D eigenvalue weighted by Crippen LogP contribution is 2.47. The fraction of sp³-hybridized carbons (Fsp3) is 0.900. The maximum absolute atomic E-state index is 2.40. The number of hydrogen-bond donors (Lipinski definition) is 0. The van der Waals surface area contributed by atoms with Crippen LogP contribution in [0.15, 0.2) is 0 Å². The smallest absolute Gasteiger partial charge is 0 e. The molecule has 2 unspecified atom stereocenters. The van der Waals surface area contributed by atoms with Crippen molar-refractivity contribution in [3.63, 3.8) is 0 Å². The Morgan fingerprint density at radius 3 is 0.714 bits per heavy atom. The van der Waals surface area contributed by atoms with E-state index in [9.17, 15) is 0 Å². The fourth-order valence-corrected chi connectivity index (χ4v) is 4.33. The van der Waals surface area contributed by atoms with Crippen molar-refractivity contribution in [2.24, 2.45) is 47.3 Å². The summed E-state index contributed by atoms with van der Waals surface area (Å²) < 4.78 is 0. The molecule has 0 aromatic heterocycles. The van der Waals surface area contributed by atoms with E-state index in [1.165, 1.54) is 0 Å². The van der Waals surface area contributed by atoms with Gasteiger partial charge in [-0.2, -0.15) is 0 Å². The first-order valence-corrected chi connectivity index (χ1v) is 8.78. The van der Waals surface area contributed by atoms with Gasteiger partial charge in [0.15, 0.2) is 0 Å². The SMILES string of the molecule is CC1C(C)C(C)C(C)C1C.C[C]1[C](C)C(C)C(C)C1C.[Mg]. The molecule has 2 aliphatic rings. The van der Waals surface area contributed by atoms with Crippen LogP contribution in [-0.4, -0.2) is 23.1 Å². The summed E-state index contributed by atoms with van der Waals surface area (Å²) in [5.74, 6) is 10.4. The second kappa shape index (κ2) is 8.57. The Morgan fingerprint density at radius 2 is 0.619 bits per heavy atom. The Labute approximate surface area is 151 Å². The van der Waals surface area contributed by atoms with Gasteiger partial charge in [0, 0.05) is 23.1 Å². The molecule has 2 fully saturated rings. The van der Waals surface area contributed by atoms with Gasteiger partial charge < -0.3 is 0 Å². The second-order valence-electron chi connectivity index (χ2n) is 8.10. The van der Waals surface area contributed by atoms with Crippen LogP contribution in [0.4, 0.5) is 0 Å². The van der Waals surface area contributed by atoms with Crippen LogP contribution in [0.1, 0.15) is 69.2 Å². The first kappa shape index (κ1) is 21.8. The average molecular weight is 303 g/mol. The summed E-state index contributed by atoms with van der Waals surface area (Å²) in [7, 11) is 0. The van der Waals surface area contributed by atoms with Crippen LogP contribution in [0.5, 0.6) is 0 Å². The number of hydrogen-bond acceptors (Lipinski definition) is 0. The van der Waals surface area contributed by atoms with E-state index in [0.717, 1.165) is 47.3 Å². The van der Waals surface area contributed by atoms with Crippen molar-refractivity contribution in [1.82, 2.24) is 0 Å². The lowest BCUT2D eigenvalue weighted by atomic mass is 9.92. The molecule has 2 rings (SSSR count). The lowest BCUT2D eigenvalue weighted by Crippen LogP contribution is -2.07. The van der Waals surface area contributed by atoms with Crippen LogP contribution in [0.3, 0.4) is 0 Å². The van der Waals surface area contributed by atoms with Crippen LogP contribution in [-0.2, 0) is 0 Å². The van der Waals surface area contributed by atoms with Gasteiger partial charge >= 0.3 is 0 Å². The molecule has 120 valence electrons. The summed E-state index contributed by atoms with van der Waals surface area (Å²) in [4.78, 5) is 0. The van der Waals surface area contributed by atoms with Crippen LogP contribution < -0.4 is 0 Å². The Bertz CT molecular complexity index is 181. The Balaban J connectivity index is 0.000000364. The third-order valence-corrected chi connectivity index (χ3v) is 7.71. The fourth-order valence-electron chi connectivity index (χ4n) is 4.33. The van der Waals surface area contributed by atoms with Crippen molar-refractivity contribution >= 4 is 23.1 Å². The van der Waals surface area contributed by atoms with Crippen LogP contribution in [0.25, 0.3) is 0 Å². The van der Waals surface area contributed by atoms with Crippen LogP contribution in [0.2, 0.25) is 0 Å². The van der Waals surface area contributed by atoms with Gasteiger partial charge in [0.05, 0.1) is 0 Å². The molecule has 2 atom stereocenters. The van der Waals surface area contributed by atoms with Crippen molar-refractivity contribution in [2.75, 3.05) is 0 Å². The Kier molecular flexibility index (Phi) is 8.88. The van der Waals surface area contributed by atoms with Crippen molar-refractivity contribution < 1.29 is 0 Å². The summed E-state index contributed by atoms with van der Waals surface area (Å²) >= 11 is 0. The summed E-state index contributed by atoms with van der Waals surface area (Å²) in [6, 6.07) is 0. The van der Waals surface area contributed by atoms with E-state index in [1.807, 2.05) is 0 Å². The Morgan fingerprint density at radius 1 is 0.429 bits per heavy atom. The van der Waals surface area contributed by atoms with Crippen LogP contribution >= 0.6 is 0 Å². The van der Waals surface area contributed by atoms with Crippen molar-refractivity contribution in [3.05, 3.63) is 11.8 Å². The van der Waals surface area contributed by atoms with E-state index in [0.29, 0.717) is 0 Å². The first-order chi connectivity index (χ1) is 9.11. The van der Waals surface area contributed by atoms with Crippen molar-refractivity contribution in [2.45, 2.75) is 69.2 Å². The van der Waals surface area contributed by atoms with Crippen molar-refractivity contribution in [1.29, 1.82) is 0 Å². The zero-order valence-corrected chi connectivity index (χ0v) is 17.7. The molecule has 4 radical (unpaired) electrons. The Hall–Kier alpha value is 0.766. The average Bonchev–Trinajstić information content (AvgIpc) is 2.71. The summed E-state index contributed by atoms with van der Waals surface area (Å²) in [5, 5.41) is 0. The van der Waals surface area contributed by atoms with Crippen molar-refractivity contribution in [3.8, 4) is 0 Å². The van der Waals surface area contributed by atoms with E-state index >= 15 is 0 Å². The third kappa shape index (κ3) is 4.40. The van der Waals surface area contributed by atoms with Gasteiger partial charge in [-0.1, -0.05) is 69.2 Å². The molecule has 2 aliphatic carbocycles. The zero-order chi connectivity index (χ0) is 15.8. The normalized spacial score (nSPS) is 47.7. The molecular weight excluding hydrogens is 265 g/mol. The van der Waals surface area contributed by atoms with Gasteiger partial charge in [-0.15, -0.1) is 0 Å². The lowest BCUT2D eigenvalue weighted by molar-refractivity contribution is 0.352. The molecule has 0 aliphatic heterocycles. The molecular formula is C20H38Mg. The molecule has 0 nitrogen and oxygen atoms in total. The molecule has 0 N–H and O–H groups in total. The van der Waals surface area contributed by atoms with Gasteiger partial charge in [-0.25, -0.2) is 0 Å². The molecule has 2 saturated carbocycles. The topological polar surface area (TPSA) is 0 Å². The summed E-state index contributed by atoms with van der Waals surface area (Å²) in [5.41, 5.74) is 0. The number of rotatable bonds is 0. The van der Waals surface area contributed by atoms with E-state index in [1.54, 1.807) is 11.8 Å². The highest BCUT2D eigenvalue weighted by Gasteiger charge is 2.39. The molecule has 21 heavy (non-hydrogen) atoms. The predicted octanol–water partition coefficient (Wildman–Crippen LogP) is 5.90. The maximum atomic E-state index is 2.40. The van der Waals surface area contributed by atoms with E-state index < -0.39 is 0 Å². The molecule has 0 saturated heterocycles. The van der Waals surface area contributed by atoms with Gasteiger partial charge in [0.25, 0.3) is 0 Å². The lowest BCUT2D eigenvalue weighted by Gasteiger charge is -2.14. The van der Waals surface area contributed by atoms with Gasteiger partial charge in [0.1, 0.15) is 0 Å². The quantitative estimate of drug-likeness (QED) is 0.489. The minimum atomic E-state index is 0. The molecule has 0 spiro atoms. The highest BCUT2D eigenvalue weighted by molar-refractivity contribution is 5.75. The van der Waals surface area contributed by atoms with E-state index in [2.05, 4.69) is 69.2 Å². The molecule has 0 aromatic rings. The largest absolute Gasteiger partial charge is 0.0620 e. The molecule has 1 heteroatoms. The summed E-state index contributed by atoms with van der Waals surface area (Å²) in [6.45, 7) is 23.6. The van der Waals surface area contributed by atoms with Gasteiger partial charge in [-0.3, -0.25) is 0 Å². The third-order valence-electron chi connectivity index (χ3n) is 7.71. The standard InChI is InChI=1S/C10H20.C10H18.Mg/c2*1-6-7(2)9(4)10(5)8(6)3;/h6-10H,1-5H3;6-8H,1-5H3;. The molecule has 0 amide bonds. The monoisotopic (exact) mass is 302 g/mol.